The number of nitrogens with one attached hydrogen (secondary N) is 1. The molecule has 98 valence electrons. The topological polar surface area (TPSA) is 92.5 Å². The number of non-ortho nitro benzene ring substituents is 1. The molecular formula is C12H16N2O4. The maximum absolute atomic E-state index is 11.6. The quantitative estimate of drug-likeness (QED) is 0.584. The van der Waals surface area contributed by atoms with E-state index < -0.39 is 4.92 Å². The fourth-order valence-electron chi connectivity index (χ4n) is 1.52. The molecule has 0 aliphatic rings. The molecule has 0 saturated carbocycles. The summed E-state index contributed by atoms with van der Waals surface area (Å²) < 4.78 is 0. The molecule has 0 bridgehead atoms. The van der Waals surface area contributed by atoms with Crippen molar-refractivity contribution in [1.29, 1.82) is 0 Å². The van der Waals surface area contributed by atoms with Gasteiger partial charge >= 0.3 is 0 Å². The van der Waals surface area contributed by atoms with Crippen LogP contribution < -0.4 is 5.32 Å². The molecule has 1 atom stereocenters. The lowest BCUT2D eigenvalue weighted by Gasteiger charge is -2.13. The van der Waals surface area contributed by atoms with Gasteiger partial charge in [-0.05, 0) is 12.0 Å². The Bertz CT molecular complexity index is 430. The molecule has 1 amide bonds. The van der Waals surface area contributed by atoms with Crippen LogP contribution >= 0.6 is 0 Å². The highest BCUT2D eigenvalue weighted by atomic mass is 16.6. The first kappa shape index (κ1) is 14.1. The monoisotopic (exact) mass is 252 g/mol. The van der Waals surface area contributed by atoms with Crippen LogP contribution in [0.5, 0.6) is 0 Å². The third-order valence-electron chi connectivity index (χ3n) is 2.56. The minimum absolute atomic E-state index is 0.0329. The zero-order valence-corrected chi connectivity index (χ0v) is 10.1. The number of nitro groups is 1. The molecule has 0 aromatic heterocycles. The first-order valence-corrected chi connectivity index (χ1v) is 5.70. The van der Waals surface area contributed by atoms with Crippen LogP contribution in [0.15, 0.2) is 24.3 Å². The molecule has 0 radical (unpaired) electrons. The van der Waals surface area contributed by atoms with Crippen molar-refractivity contribution < 1.29 is 14.8 Å². The largest absolute Gasteiger partial charge is 0.394 e. The molecule has 18 heavy (non-hydrogen) atoms. The molecule has 6 heteroatoms. The number of aliphatic hydroxyl groups is 1. The number of hydrogen-bond donors (Lipinski definition) is 2. The predicted octanol–water partition coefficient (Wildman–Crippen LogP) is 1.02. The van der Waals surface area contributed by atoms with Gasteiger partial charge in [0.2, 0.25) is 5.91 Å². The van der Waals surface area contributed by atoms with Crippen LogP contribution in [0, 0.1) is 10.1 Å². The van der Waals surface area contributed by atoms with Gasteiger partial charge in [-0.3, -0.25) is 14.9 Å². The summed E-state index contributed by atoms with van der Waals surface area (Å²) in [5.41, 5.74) is 0.545. The molecule has 1 aromatic carbocycles. The molecule has 1 aromatic rings. The summed E-state index contributed by atoms with van der Waals surface area (Å²) in [4.78, 5) is 21.7. The SMILES string of the molecule is CCC(CO)NC(=O)Cc1cccc([N+](=O)[O-])c1. The van der Waals surface area contributed by atoms with E-state index in [0.717, 1.165) is 0 Å². The van der Waals surface area contributed by atoms with Crippen LogP contribution in [-0.2, 0) is 11.2 Å². The van der Waals surface area contributed by atoms with Crippen molar-refractivity contribution in [3.8, 4) is 0 Å². The van der Waals surface area contributed by atoms with E-state index in [1.165, 1.54) is 12.1 Å². The van der Waals surface area contributed by atoms with Gasteiger partial charge in [-0.2, -0.15) is 0 Å². The van der Waals surface area contributed by atoms with E-state index >= 15 is 0 Å². The van der Waals surface area contributed by atoms with Gasteiger partial charge in [0.05, 0.1) is 24.0 Å². The van der Waals surface area contributed by atoms with Crippen LogP contribution in [0.1, 0.15) is 18.9 Å². The molecule has 1 rings (SSSR count). The molecule has 0 aliphatic heterocycles. The fourth-order valence-corrected chi connectivity index (χ4v) is 1.52. The summed E-state index contributed by atoms with van der Waals surface area (Å²) in [6, 6.07) is 5.69. The molecule has 1 unspecified atom stereocenters. The zero-order valence-electron chi connectivity index (χ0n) is 10.1. The lowest BCUT2D eigenvalue weighted by atomic mass is 10.1. The number of rotatable bonds is 6. The van der Waals surface area contributed by atoms with E-state index in [1.807, 2.05) is 6.92 Å². The van der Waals surface area contributed by atoms with E-state index in [4.69, 9.17) is 5.11 Å². The van der Waals surface area contributed by atoms with Crippen molar-refractivity contribution in [1.82, 2.24) is 5.32 Å². The first-order chi connectivity index (χ1) is 8.56. The fraction of sp³-hybridized carbons (Fsp3) is 0.417. The van der Waals surface area contributed by atoms with E-state index in [1.54, 1.807) is 12.1 Å². The molecule has 0 spiro atoms. The Labute approximate surface area is 105 Å². The van der Waals surface area contributed by atoms with Crippen molar-refractivity contribution in [2.75, 3.05) is 6.61 Å². The van der Waals surface area contributed by atoms with E-state index in [-0.39, 0.29) is 30.7 Å². The molecule has 0 fully saturated rings. The Morgan fingerprint density at radius 1 is 1.56 bits per heavy atom. The van der Waals surface area contributed by atoms with Crippen molar-refractivity contribution in [2.45, 2.75) is 25.8 Å². The Morgan fingerprint density at radius 2 is 2.28 bits per heavy atom. The number of hydrogen-bond acceptors (Lipinski definition) is 4. The normalized spacial score (nSPS) is 11.9. The molecule has 0 heterocycles. The number of carbonyl (C=O) groups is 1. The Balaban J connectivity index is 2.64. The van der Waals surface area contributed by atoms with Crippen LogP contribution in [-0.4, -0.2) is 28.6 Å². The smallest absolute Gasteiger partial charge is 0.269 e. The second-order valence-corrected chi connectivity index (χ2v) is 3.96. The summed E-state index contributed by atoms with van der Waals surface area (Å²) in [5.74, 6) is -0.253. The van der Waals surface area contributed by atoms with Gasteiger partial charge in [0.15, 0.2) is 0 Å². The minimum atomic E-state index is -0.496. The summed E-state index contributed by atoms with van der Waals surface area (Å²) in [6.45, 7) is 1.74. The number of nitro benzene ring substituents is 1. The van der Waals surface area contributed by atoms with Gasteiger partial charge in [-0.1, -0.05) is 19.1 Å². The maximum Gasteiger partial charge on any atom is 0.269 e. The average Bonchev–Trinajstić information content (AvgIpc) is 2.36. The van der Waals surface area contributed by atoms with Crippen molar-refractivity contribution in [2.24, 2.45) is 0 Å². The molecule has 0 aliphatic carbocycles. The predicted molar refractivity (Wildman–Crippen MR) is 66.1 cm³/mol. The van der Waals surface area contributed by atoms with E-state index in [0.29, 0.717) is 12.0 Å². The standard InChI is InChI=1S/C12H16N2O4/c1-2-10(8-15)13-12(16)7-9-4-3-5-11(6-9)14(17)18/h3-6,10,15H,2,7-8H2,1H3,(H,13,16). The third-order valence-corrected chi connectivity index (χ3v) is 2.56. The van der Waals surface area contributed by atoms with Crippen LogP contribution in [0.25, 0.3) is 0 Å². The maximum atomic E-state index is 11.6. The van der Waals surface area contributed by atoms with Crippen molar-refractivity contribution >= 4 is 11.6 Å². The van der Waals surface area contributed by atoms with Crippen LogP contribution in [0.4, 0.5) is 5.69 Å². The number of aliphatic hydroxyl groups excluding tert-OH is 1. The molecule has 2 N–H and O–H groups in total. The lowest BCUT2D eigenvalue weighted by molar-refractivity contribution is -0.384. The molecular weight excluding hydrogens is 236 g/mol. The molecule has 0 saturated heterocycles. The van der Waals surface area contributed by atoms with E-state index in [9.17, 15) is 14.9 Å². The average molecular weight is 252 g/mol. The zero-order chi connectivity index (χ0) is 13.5. The van der Waals surface area contributed by atoms with Gasteiger partial charge in [0.1, 0.15) is 0 Å². The summed E-state index contributed by atoms with van der Waals surface area (Å²) in [6.07, 6.45) is 0.704. The van der Waals surface area contributed by atoms with Gasteiger partial charge < -0.3 is 10.4 Å². The third kappa shape index (κ3) is 4.14. The number of nitrogens with zero attached hydrogens (tertiary/aromatic N) is 1. The van der Waals surface area contributed by atoms with Gasteiger partial charge in [0, 0.05) is 12.1 Å². The summed E-state index contributed by atoms with van der Waals surface area (Å²) in [5, 5.41) is 22.2. The Morgan fingerprint density at radius 3 is 2.83 bits per heavy atom. The Hall–Kier alpha value is -1.95. The van der Waals surface area contributed by atoms with Gasteiger partial charge in [-0.15, -0.1) is 0 Å². The second-order valence-electron chi connectivity index (χ2n) is 3.96. The number of amides is 1. The Kier molecular flexibility index (Phi) is 5.26. The van der Waals surface area contributed by atoms with Crippen LogP contribution in [0.2, 0.25) is 0 Å². The first-order valence-electron chi connectivity index (χ1n) is 5.70. The number of benzene rings is 1. The highest BCUT2D eigenvalue weighted by Gasteiger charge is 2.11. The van der Waals surface area contributed by atoms with Gasteiger partial charge in [0.25, 0.3) is 5.69 Å². The second kappa shape index (κ2) is 6.70. The highest BCUT2D eigenvalue weighted by molar-refractivity contribution is 5.79. The lowest BCUT2D eigenvalue weighted by Crippen LogP contribution is -2.37. The van der Waals surface area contributed by atoms with Crippen LogP contribution in [0.3, 0.4) is 0 Å². The summed E-state index contributed by atoms with van der Waals surface area (Å²) >= 11 is 0. The van der Waals surface area contributed by atoms with Gasteiger partial charge in [-0.25, -0.2) is 0 Å². The highest BCUT2D eigenvalue weighted by Crippen LogP contribution is 2.13. The summed E-state index contributed by atoms with van der Waals surface area (Å²) in [7, 11) is 0. The van der Waals surface area contributed by atoms with E-state index in [2.05, 4.69) is 5.32 Å². The minimum Gasteiger partial charge on any atom is -0.394 e. The van der Waals surface area contributed by atoms with Crippen molar-refractivity contribution in [3.05, 3.63) is 39.9 Å². The number of carbonyl (C=O) groups excluding carboxylic acids is 1. The van der Waals surface area contributed by atoms with Crippen molar-refractivity contribution in [3.63, 3.8) is 0 Å². The molecule has 6 nitrogen and oxygen atoms in total.